The van der Waals surface area contributed by atoms with Gasteiger partial charge in [-0.15, -0.1) is 0 Å². The summed E-state index contributed by atoms with van der Waals surface area (Å²) in [5.41, 5.74) is 1.59. The Kier molecular flexibility index (Phi) is 5.56. The van der Waals surface area contributed by atoms with Crippen molar-refractivity contribution < 1.29 is 0 Å². The third-order valence-electron chi connectivity index (χ3n) is 1.42. The van der Waals surface area contributed by atoms with E-state index < -0.39 is 0 Å². The molecule has 1 aliphatic rings. The molecule has 9 heavy (non-hydrogen) atoms. The van der Waals surface area contributed by atoms with Crippen molar-refractivity contribution in [3.63, 3.8) is 0 Å². The molecule has 1 heteroatoms. The Labute approximate surface area is 79.3 Å². The van der Waals surface area contributed by atoms with Crippen molar-refractivity contribution in [2.45, 2.75) is 26.2 Å². The summed E-state index contributed by atoms with van der Waals surface area (Å²) in [6, 6.07) is 0. The van der Waals surface area contributed by atoms with Crippen molar-refractivity contribution in [3.05, 3.63) is 23.8 Å². The Morgan fingerprint density at radius 3 is 2.78 bits per heavy atom. The minimum Gasteiger partial charge on any atom is -0.0805 e. The molecule has 0 nitrogen and oxygen atoms in total. The van der Waals surface area contributed by atoms with Crippen LogP contribution in [0.4, 0.5) is 0 Å². The Hall–Kier alpha value is 0.480. The van der Waals surface area contributed by atoms with Gasteiger partial charge in [0.25, 0.3) is 0 Å². The fourth-order valence-corrected chi connectivity index (χ4v) is 0.998. The van der Waals surface area contributed by atoms with E-state index >= 15 is 0 Å². The van der Waals surface area contributed by atoms with Crippen molar-refractivity contribution >= 4 is 29.6 Å². The fourth-order valence-electron chi connectivity index (χ4n) is 0.998. The zero-order valence-electron chi connectivity index (χ0n) is 6.35. The van der Waals surface area contributed by atoms with Gasteiger partial charge in [0.05, 0.1) is 0 Å². The van der Waals surface area contributed by atoms with Gasteiger partial charge in [0.1, 0.15) is 0 Å². The first kappa shape index (κ1) is 9.48. The number of rotatable bonds is 2. The standard InChI is InChI=1S/C8H12.Na/c1-2-5-8-6-3-4-7-8;/h3-4,6H,2,5,7H2,1H3;. The molecule has 0 N–H and O–H groups in total. The first-order valence-electron chi connectivity index (χ1n) is 3.28. The molecule has 0 aliphatic heterocycles. The molecule has 0 saturated heterocycles. The average molecular weight is 131 g/mol. The van der Waals surface area contributed by atoms with Crippen LogP contribution in [0, 0.1) is 0 Å². The SMILES string of the molecule is CCCC1=CC=CC1.[Na]. The summed E-state index contributed by atoms with van der Waals surface area (Å²) in [6.45, 7) is 2.22. The van der Waals surface area contributed by atoms with E-state index in [1.165, 1.54) is 19.3 Å². The van der Waals surface area contributed by atoms with Gasteiger partial charge in [-0.05, 0) is 12.8 Å². The Balaban J connectivity index is 0.000000640. The number of hydrogen-bond acceptors (Lipinski definition) is 0. The van der Waals surface area contributed by atoms with Gasteiger partial charge in [-0.2, -0.15) is 0 Å². The van der Waals surface area contributed by atoms with Gasteiger partial charge in [0.15, 0.2) is 0 Å². The Morgan fingerprint density at radius 2 is 2.33 bits per heavy atom. The van der Waals surface area contributed by atoms with E-state index in [1.54, 1.807) is 5.57 Å². The molecule has 0 aromatic rings. The second kappa shape index (κ2) is 5.28. The number of allylic oxidation sites excluding steroid dienone is 4. The molecule has 0 unspecified atom stereocenters. The molecule has 0 bridgehead atoms. The van der Waals surface area contributed by atoms with E-state index in [1.807, 2.05) is 0 Å². The van der Waals surface area contributed by atoms with E-state index in [2.05, 4.69) is 25.2 Å². The maximum Gasteiger partial charge on any atom is 0 e. The summed E-state index contributed by atoms with van der Waals surface area (Å²) in [6.07, 6.45) is 10.4. The predicted molar refractivity (Wildman–Crippen MR) is 42.5 cm³/mol. The van der Waals surface area contributed by atoms with Crippen molar-refractivity contribution in [3.8, 4) is 0 Å². The molecule has 0 fully saturated rings. The van der Waals surface area contributed by atoms with Crippen LogP contribution in [0.3, 0.4) is 0 Å². The molecule has 0 aromatic carbocycles. The van der Waals surface area contributed by atoms with Gasteiger partial charge in [-0.1, -0.05) is 37.1 Å². The zero-order chi connectivity index (χ0) is 5.82. The molecule has 1 radical (unpaired) electrons. The van der Waals surface area contributed by atoms with Crippen molar-refractivity contribution in [1.29, 1.82) is 0 Å². The first-order chi connectivity index (χ1) is 3.93. The van der Waals surface area contributed by atoms with Gasteiger partial charge >= 0.3 is 0 Å². The molecule has 0 saturated carbocycles. The van der Waals surface area contributed by atoms with Gasteiger partial charge in [0, 0.05) is 29.6 Å². The van der Waals surface area contributed by atoms with Crippen LogP contribution in [0.5, 0.6) is 0 Å². The van der Waals surface area contributed by atoms with E-state index in [0.717, 1.165) is 0 Å². The van der Waals surface area contributed by atoms with E-state index in [4.69, 9.17) is 0 Å². The summed E-state index contributed by atoms with van der Waals surface area (Å²) in [7, 11) is 0. The Morgan fingerprint density at radius 1 is 1.56 bits per heavy atom. The van der Waals surface area contributed by atoms with E-state index in [9.17, 15) is 0 Å². The zero-order valence-corrected chi connectivity index (χ0v) is 8.35. The normalized spacial score (nSPS) is 15.0. The van der Waals surface area contributed by atoms with Gasteiger partial charge in [-0.25, -0.2) is 0 Å². The maximum atomic E-state index is 2.23. The predicted octanol–water partition coefficient (Wildman–Crippen LogP) is 2.29. The van der Waals surface area contributed by atoms with Crippen LogP contribution in [-0.4, -0.2) is 29.6 Å². The van der Waals surface area contributed by atoms with Crippen molar-refractivity contribution in [2.75, 3.05) is 0 Å². The molecule has 0 atom stereocenters. The van der Waals surface area contributed by atoms with Gasteiger partial charge in [0.2, 0.25) is 0 Å². The van der Waals surface area contributed by atoms with E-state index in [0.29, 0.717) is 0 Å². The van der Waals surface area contributed by atoms with Crippen LogP contribution in [0.25, 0.3) is 0 Å². The summed E-state index contributed by atoms with van der Waals surface area (Å²) >= 11 is 0. The molecule has 0 amide bonds. The molecular formula is C8H12Na. The average Bonchev–Trinajstić information content (AvgIpc) is 2.19. The second-order valence-electron chi connectivity index (χ2n) is 2.21. The summed E-state index contributed by atoms with van der Waals surface area (Å²) in [4.78, 5) is 0. The van der Waals surface area contributed by atoms with Crippen molar-refractivity contribution in [1.82, 2.24) is 0 Å². The first-order valence-corrected chi connectivity index (χ1v) is 3.28. The quantitative estimate of drug-likeness (QED) is 0.504. The van der Waals surface area contributed by atoms with E-state index in [-0.39, 0.29) is 29.6 Å². The molecule has 45 valence electrons. The minimum absolute atomic E-state index is 0. The van der Waals surface area contributed by atoms with Crippen LogP contribution >= 0.6 is 0 Å². The topological polar surface area (TPSA) is 0 Å². The third-order valence-corrected chi connectivity index (χ3v) is 1.42. The molecule has 0 spiro atoms. The smallest absolute Gasteiger partial charge is 0 e. The van der Waals surface area contributed by atoms with Crippen LogP contribution in [0.15, 0.2) is 23.8 Å². The molecule has 1 rings (SSSR count). The maximum absolute atomic E-state index is 2.23. The van der Waals surface area contributed by atoms with Crippen molar-refractivity contribution in [2.24, 2.45) is 0 Å². The summed E-state index contributed by atoms with van der Waals surface area (Å²) < 4.78 is 0. The third kappa shape index (κ3) is 3.24. The monoisotopic (exact) mass is 131 g/mol. The summed E-state index contributed by atoms with van der Waals surface area (Å²) in [5, 5.41) is 0. The van der Waals surface area contributed by atoms with Crippen LogP contribution in [0.2, 0.25) is 0 Å². The van der Waals surface area contributed by atoms with Gasteiger partial charge < -0.3 is 0 Å². The van der Waals surface area contributed by atoms with Crippen LogP contribution in [0.1, 0.15) is 26.2 Å². The fraction of sp³-hybridized carbons (Fsp3) is 0.500. The van der Waals surface area contributed by atoms with Crippen LogP contribution in [-0.2, 0) is 0 Å². The van der Waals surface area contributed by atoms with Crippen LogP contribution < -0.4 is 0 Å². The minimum atomic E-state index is 0. The molecule has 0 heterocycles. The number of hydrogen-bond donors (Lipinski definition) is 0. The largest absolute Gasteiger partial charge is 0.0805 e. The molecule has 1 aliphatic carbocycles. The van der Waals surface area contributed by atoms with Gasteiger partial charge in [-0.3, -0.25) is 0 Å². The summed E-state index contributed by atoms with van der Waals surface area (Å²) in [5.74, 6) is 0. The second-order valence-corrected chi connectivity index (χ2v) is 2.21. The Bertz CT molecular complexity index is 123. The molecular weight excluding hydrogens is 119 g/mol. The molecule has 0 aromatic heterocycles.